The molecule has 0 radical (unpaired) electrons. The summed E-state index contributed by atoms with van der Waals surface area (Å²) in [6.45, 7) is 11.6. The topological polar surface area (TPSA) is 115 Å². The Morgan fingerprint density at radius 1 is 1.10 bits per heavy atom. The number of aromatic nitrogens is 2. The van der Waals surface area contributed by atoms with E-state index in [0.29, 0.717) is 5.82 Å². The molecule has 0 aromatic carbocycles. The summed E-state index contributed by atoms with van der Waals surface area (Å²) in [6, 6.07) is -0.160. The molecule has 1 aromatic rings. The van der Waals surface area contributed by atoms with Crippen molar-refractivity contribution in [3.05, 3.63) is 16.4 Å². The van der Waals surface area contributed by atoms with Crippen molar-refractivity contribution in [3.63, 3.8) is 0 Å². The Hall–Kier alpha value is -1.87. The summed E-state index contributed by atoms with van der Waals surface area (Å²) in [7, 11) is 0. The predicted molar refractivity (Wildman–Crippen MR) is 72.2 cm³/mol. The van der Waals surface area contributed by atoms with E-state index in [1.165, 1.54) is 5.01 Å². The van der Waals surface area contributed by atoms with Crippen LogP contribution in [0.3, 0.4) is 0 Å². The van der Waals surface area contributed by atoms with E-state index in [0.717, 1.165) is 0 Å². The van der Waals surface area contributed by atoms with Gasteiger partial charge in [-0.15, -0.1) is 11.1 Å². The lowest BCUT2D eigenvalue weighted by molar-refractivity contribution is 0.125. The summed E-state index contributed by atoms with van der Waals surface area (Å²) in [4.78, 5) is 23.8. The number of nitrogens with one attached hydrogen (secondary N) is 4. The first-order chi connectivity index (χ1) is 9.01. The number of hydrogen-bond acceptors (Lipinski definition) is 6. The molecule has 114 valence electrons. The molecule has 2 amide bonds. The van der Waals surface area contributed by atoms with Crippen LogP contribution in [-0.4, -0.2) is 26.7 Å². The van der Waals surface area contributed by atoms with Crippen molar-refractivity contribution in [2.75, 3.05) is 0 Å². The molecule has 4 N–H and O–H groups in total. The van der Waals surface area contributed by atoms with E-state index < -0.39 is 5.76 Å². The maximum Gasteiger partial charge on any atom is 0.438 e. The molecule has 20 heavy (non-hydrogen) atoms. The maximum absolute atomic E-state index is 10.9. The molecule has 0 bridgehead atoms. The summed E-state index contributed by atoms with van der Waals surface area (Å²) in [6.07, 6.45) is 0. The van der Waals surface area contributed by atoms with Gasteiger partial charge in [0.15, 0.2) is 5.82 Å². The zero-order chi connectivity index (χ0) is 15.6. The van der Waals surface area contributed by atoms with E-state index in [1.807, 2.05) is 41.5 Å². The fraction of sp³-hybridized carbons (Fsp3) is 0.727. The number of aromatic amines is 1. The van der Waals surface area contributed by atoms with Crippen LogP contribution in [0.4, 0.5) is 4.79 Å². The van der Waals surface area contributed by atoms with Crippen LogP contribution < -0.4 is 22.3 Å². The minimum Gasteiger partial charge on any atom is -0.296 e. The molecule has 0 spiro atoms. The maximum atomic E-state index is 10.9. The number of amides is 2. The zero-order valence-electron chi connectivity index (χ0n) is 12.6. The highest BCUT2D eigenvalue weighted by molar-refractivity contribution is 5.75. The van der Waals surface area contributed by atoms with Crippen molar-refractivity contribution >= 4 is 6.03 Å². The minimum atomic E-state index is -0.495. The van der Waals surface area contributed by atoms with E-state index >= 15 is 0 Å². The van der Waals surface area contributed by atoms with Crippen molar-refractivity contribution in [1.29, 1.82) is 0 Å². The highest BCUT2D eigenvalue weighted by Gasteiger charge is 2.30. The number of urea groups is 1. The van der Waals surface area contributed by atoms with Crippen LogP contribution in [0.5, 0.6) is 0 Å². The summed E-state index contributed by atoms with van der Waals surface area (Å²) >= 11 is 0. The van der Waals surface area contributed by atoms with Crippen molar-refractivity contribution in [2.45, 2.75) is 52.5 Å². The van der Waals surface area contributed by atoms with Gasteiger partial charge in [0.05, 0.1) is 5.54 Å². The van der Waals surface area contributed by atoms with Crippen LogP contribution in [0.15, 0.2) is 9.32 Å². The molecule has 9 nitrogen and oxygen atoms in total. The molecular formula is C11H22N6O3. The largest absolute Gasteiger partial charge is 0.438 e. The van der Waals surface area contributed by atoms with Crippen LogP contribution in [0.1, 0.15) is 47.4 Å². The van der Waals surface area contributed by atoms with Crippen LogP contribution in [0, 0.1) is 0 Å². The Balaban J connectivity index is 0.000000200. The number of carbonyl (C=O) groups excluding carboxylic acids is 1. The first-order valence-electron chi connectivity index (χ1n) is 6.19. The SMILES string of the molecule is CC(C)(C)N1NNNC1=O.CC(C)(C)c1noc(=O)[nH]1. The number of hydrazine groups is 3. The summed E-state index contributed by atoms with van der Waals surface area (Å²) in [5.41, 5.74) is 7.23. The Bertz CT molecular complexity index is 507. The molecule has 0 unspecified atom stereocenters. The van der Waals surface area contributed by atoms with E-state index in [-0.39, 0.29) is 17.0 Å². The molecular weight excluding hydrogens is 264 g/mol. The lowest BCUT2D eigenvalue weighted by Gasteiger charge is -2.28. The van der Waals surface area contributed by atoms with E-state index in [9.17, 15) is 9.59 Å². The van der Waals surface area contributed by atoms with Crippen molar-refractivity contribution in [3.8, 4) is 0 Å². The first kappa shape index (κ1) is 16.2. The second-order valence-corrected chi connectivity index (χ2v) is 6.37. The monoisotopic (exact) mass is 286 g/mol. The Labute approximate surface area is 117 Å². The lowest BCUT2D eigenvalue weighted by Crippen LogP contribution is -2.49. The second kappa shape index (κ2) is 5.63. The molecule has 0 atom stereocenters. The van der Waals surface area contributed by atoms with E-state index in [4.69, 9.17) is 0 Å². The van der Waals surface area contributed by atoms with Crippen molar-refractivity contribution in [1.82, 2.24) is 31.6 Å². The predicted octanol–water partition coefficient (Wildman–Crippen LogP) is 0.395. The van der Waals surface area contributed by atoms with Gasteiger partial charge in [-0.3, -0.25) is 14.9 Å². The third kappa shape index (κ3) is 4.35. The average Bonchev–Trinajstić information content (AvgIpc) is 2.85. The Kier molecular flexibility index (Phi) is 4.56. The highest BCUT2D eigenvalue weighted by Crippen LogP contribution is 2.15. The van der Waals surface area contributed by atoms with Crippen molar-refractivity contribution < 1.29 is 9.32 Å². The molecule has 1 aliphatic rings. The van der Waals surface area contributed by atoms with Gasteiger partial charge in [-0.05, 0) is 20.8 Å². The van der Waals surface area contributed by atoms with E-state index in [1.54, 1.807) is 0 Å². The fourth-order valence-corrected chi connectivity index (χ4v) is 1.27. The molecule has 0 saturated carbocycles. The molecule has 9 heteroatoms. The van der Waals surface area contributed by atoms with Gasteiger partial charge in [-0.2, -0.15) is 0 Å². The molecule has 1 aromatic heterocycles. The number of H-pyrrole nitrogens is 1. The third-order valence-electron chi connectivity index (χ3n) is 2.36. The van der Waals surface area contributed by atoms with Gasteiger partial charge in [0, 0.05) is 5.41 Å². The Morgan fingerprint density at radius 3 is 1.90 bits per heavy atom. The van der Waals surface area contributed by atoms with Gasteiger partial charge < -0.3 is 0 Å². The molecule has 1 saturated heterocycles. The molecule has 0 aliphatic carbocycles. The molecule has 2 rings (SSSR count). The smallest absolute Gasteiger partial charge is 0.296 e. The highest BCUT2D eigenvalue weighted by atomic mass is 16.5. The van der Waals surface area contributed by atoms with Crippen LogP contribution in [-0.2, 0) is 5.41 Å². The lowest BCUT2D eigenvalue weighted by atomic mass is 9.96. The van der Waals surface area contributed by atoms with Crippen molar-refractivity contribution in [2.24, 2.45) is 0 Å². The first-order valence-corrected chi connectivity index (χ1v) is 6.19. The molecule has 2 heterocycles. The van der Waals surface area contributed by atoms with Gasteiger partial charge >= 0.3 is 11.8 Å². The Morgan fingerprint density at radius 2 is 1.70 bits per heavy atom. The summed E-state index contributed by atoms with van der Waals surface area (Å²) in [5.74, 6) is 0.0856. The van der Waals surface area contributed by atoms with Gasteiger partial charge in [0.25, 0.3) is 0 Å². The second-order valence-electron chi connectivity index (χ2n) is 6.37. The van der Waals surface area contributed by atoms with Gasteiger partial charge in [-0.25, -0.2) is 14.6 Å². The number of nitrogens with zero attached hydrogens (tertiary/aromatic N) is 2. The number of carbonyl (C=O) groups is 1. The number of rotatable bonds is 0. The molecule has 1 fully saturated rings. The van der Waals surface area contributed by atoms with Gasteiger partial charge in [0.1, 0.15) is 0 Å². The van der Waals surface area contributed by atoms with Crippen LogP contribution in [0.2, 0.25) is 0 Å². The quantitative estimate of drug-likeness (QED) is 0.548. The third-order valence-corrected chi connectivity index (χ3v) is 2.36. The van der Waals surface area contributed by atoms with Crippen LogP contribution >= 0.6 is 0 Å². The van der Waals surface area contributed by atoms with Crippen LogP contribution in [0.25, 0.3) is 0 Å². The van der Waals surface area contributed by atoms with E-state index in [2.05, 4.69) is 31.2 Å². The standard InChI is InChI=1S/C6H10N2O2.C5H12N4O/c1-6(2,3)4-7-5(9)10-8-4;1-5(2,3)9-4(10)6-7-8-9/h1-3H3,(H,7,8,9);7-8H,1-3H3,(H,6,10). The molecule has 1 aliphatic heterocycles. The fourth-order valence-electron chi connectivity index (χ4n) is 1.27. The minimum absolute atomic E-state index is 0.147. The zero-order valence-corrected chi connectivity index (χ0v) is 12.6. The summed E-state index contributed by atoms with van der Waals surface area (Å²) < 4.78 is 4.33. The average molecular weight is 286 g/mol. The normalized spacial score (nSPS) is 15.7. The summed E-state index contributed by atoms with van der Waals surface area (Å²) in [5, 5.41) is 5.02. The van der Waals surface area contributed by atoms with Gasteiger partial charge in [-0.1, -0.05) is 25.9 Å². The number of hydrogen-bond donors (Lipinski definition) is 4. The van der Waals surface area contributed by atoms with Gasteiger partial charge in [0.2, 0.25) is 0 Å².